The third kappa shape index (κ3) is 12.1. The molecule has 0 saturated carbocycles. The molecule has 12 nitrogen and oxygen atoms in total. The molecule has 13 heteroatoms. The SMILES string of the molecule is CC[C@H](C)[C@@H]([C@@H](CC(=O)N1CCC[C@H]1[C@H](OC)[C@@H](C)C(=O)NCCc1ccccc1Cl)OC)N(C)C(=O)[C@H](CCN)NC(=O)C(C(C)C)N(C)C. The summed E-state index contributed by atoms with van der Waals surface area (Å²) in [6.07, 6.45) is 2.02. The van der Waals surface area contributed by atoms with Gasteiger partial charge < -0.3 is 35.6 Å². The Morgan fingerprint density at radius 1 is 1.04 bits per heavy atom. The first-order valence-corrected chi connectivity index (χ1v) is 18.8. The fraction of sp³-hybridized carbons (Fsp3) is 0.737. The molecule has 0 aromatic heterocycles. The standard InChI is InChI=1S/C38H65ClN6O6/c1-11-25(4)34(44(8)38(49)29(18-20-40)42-37(48)33(24(2)3)43(6)7)31(50-9)23-32(46)45-22-14-17-30(45)35(51-10)26(5)36(47)41-21-19-27-15-12-13-16-28(27)39/h12-13,15-16,24-26,29-31,33-35H,11,14,17-23,40H2,1-10H3,(H,41,47)(H,42,48)/t25-,26+,29-,30-,31+,33?,34-,35+/m0/s1. The van der Waals surface area contributed by atoms with Crippen molar-refractivity contribution < 1.29 is 28.7 Å². The van der Waals surface area contributed by atoms with Crippen LogP contribution in [0, 0.1) is 17.8 Å². The molecule has 4 N–H and O–H groups in total. The van der Waals surface area contributed by atoms with Crippen molar-refractivity contribution in [1.82, 2.24) is 25.3 Å². The number of likely N-dealkylation sites (tertiary alicyclic amines) is 1. The first-order valence-electron chi connectivity index (χ1n) is 18.4. The van der Waals surface area contributed by atoms with Crippen LogP contribution in [0.4, 0.5) is 0 Å². The van der Waals surface area contributed by atoms with Crippen molar-refractivity contribution in [2.75, 3.05) is 55.0 Å². The number of nitrogens with one attached hydrogen (secondary N) is 2. The lowest BCUT2D eigenvalue weighted by Gasteiger charge is -2.40. The Hall–Kier alpha value is -2.77. The zero-order chi connectivity index (χ0) is 38.4. The first kappa shape index (κ1) is 44.4. The first-order chi connectivity index (χ1) is 24.1. The summed E-state index contributed by atoms with van der Waals surface area (Å²) in [6, 6.07) is 5.58. The van der Waals surface area contributed by atoms with E-state index in [-0.39, 0.29) is 60.9 Å². The highest BCUT2D eigenvalue weighted by Crippen LogP contribution is 2.29. The molecule has 2 rings (SSSR count). The lowest BCUT2D eigenvalue weighted by Crippen LogP contribution is -2.58. The molecule has 1 heterocycles. The van der Waals surface area contributed by atoms with Gasteiger partial charge in [-0.25, -0.2) is 0 Å². The molecule has 1 aliphatic heterocycles. The van der Waals surface area contributed by atoms with Gasteiger partial charge in [-0.2, -0.15) is 0 Å². The number of likely N-dealkylation sites (N-methyl/N-ethyl adjacent to an activating group) is 2. The molecule has 290 valence electrons. The number of benzene rings is 1. The van der Waals surface area contributed by atoms with E-state index in [0.29, 0.717) is 31.0 Å². The van der Waals surface area contributed by atoms with E-state index in [9.17, 15) is 19.2 Å². The summed E-state index contributed by atoms with van der Waals surface area (Å²) >= 11 is 6.28. The number of carbonyl (C=O) groups excluding carboxylic acids is 4. The summed E-state index contributed by atoms with van der Waals surface area (Å²) in [4.78, 5) is 60.0. The lowest BCUT2D eigenvalue weighted by atomic mass is 9.90. The maximum absolute atomic E-state index is 14.1. The number of rotatable bonds is 21. The summed E-state index contributed by atoms with van der Waals surface area (Å²) in [5.41, 5.74) is 6.88. The van der Waals surface area contributed by atoms with Gasteiger partial charge in [0.25, 0.3) is 0 Å². The average molecular weight is 737 g/mol. The van der Waals surface area contributed by atoms with E-state index in [1.54, 1.807) is 26.2 Å². The number of ether oxygens (including phenoxy) is 2. The monoisotopic (exact) mass is 736 g/mol. The smallest absolute Gasteiger partial charge is 0.245 e. The van der Waals surface area contributed by atoms with Gasteiger partial charge in [0.05, 0.1) is 42.7 Å². The van der Waals surface area contributed by atoms with Crippen LogP contribution in [0.3, 0.4) is 0 Å². The number of nitrogens with zero attached hydrogens (tertiary/aromatic N) is 3. The van der Waals surface area contributed by atoms with Gasteiger partial charge in [-0.3, -0.25) is 24.1 Å². The molecular formula is C38H65ClN6O6. The Morgan fingerprint density at radius 2 is 1.71 bits per heavy atom. The number of hydrogen-bond donors (Lipinski definition) is 3. The molecule has 1 aliphatic rings. The highest BCUT2D eigenvalue weighted by Gasteiger charge is 2.42. The molecule has 0 bridgehead atoms. The topological polar surface area (TPSA) is 147 Å². The van der Waals surface area contributed by atoms with E-state index < -0.39 is 36.3 Å². The van der Waals surface area contributed by atoms with Crippen molar-refractivity contribution in [2.24, 2.45) is 23.5 Å². The molecule has 0 aliphatic carbocycles. The van der Waals surface area contributed by atoms with Gasteiger partial charge in [-0.05, 0) is 69.8 Å². The van der Waals surface area contributed by atoms with Crippen LogP contribution in [0.2, 0.25) is 5.02 Å². The van der Waals surface area contributed by atoms with Gasteiger partial charge in [-0.1, -0.05) is 70.8 Å². The van der Waals surface area contributed by atoms with Crippen LogP contribution in [0.5, 0.6) is 0 Å². The van der Waals surface area contributed by atoms with E-state index >= 15 is 0 Å². The van der Waals surface area contributed by atoms with E-state index in [1.165, 1.54) is 0 Å². The van der Waals surface area contributed by atoms with Crippen molar-refractivity contribution in [2.45, 2.75) is 110 Å². The molecule has 1 unspecified atom stereocenters. The molecule has 1 saturated heterocycles. The van der Waals surface area contributed by atoms with E-state index in [4.69, 9.17) is 26.8 Å². The zero-order valence-corrected chi connectivity index (χ0v) is 33.4. The van der Waals surface area contributed by atoms with Crippen molar-refractivity contribution in [3.05, 3.63) is 34.9 Å². The number of nitrogens with two attached hydrogens (primary N) is 1. The number of hydrogen-bond acceptors (Lipinski definition) is 8. The average Bonchev–Trinajstić information content (AvgIpc) is 3.57. The van der Waals surface area contributed by atoms with Crippen molar-refractivity contribution in [3.63, 3.8) is 0 Å². The lowest BCUT2D eigenvalue weighted by molar-refractivity contribution is -0.147. The van der Waals surface area contributed by atoms with Crippen LogP contribution in [0.15, 0.2) is 24.3 Å². The summed E-state index contributed by atoms with van der Waals surface area (Å²) in [5.74, 6) is -1.27. The van der Waals surface area contributed by atoms with Gasteiger partial charge in [-0.15, -0.1) is 0 Å². The number of carbonyl (C=O) groups is 4. The highest BCUT2D eigenvalue weighted by atomic mass is 35.5. The van der Waals surface area contributed by atoms with Gasteiger partial charge in [0, 0.05) is 39.4 Å². The van der Waals surface area contributed by atoms with Gasteiger partial charge in [0.15, 0.2) is 0 Å². The molecule has 0 spiro atoms. The quantitative estimate of drug-likeness (QED) is 0.174. The van der Waals surface area contributed by atoms with E-state index in [0.717, 1.165) is 18.4 Å². The van der Waals surface area contributed by atoms with Gasteiger partial charge in [0.1, 0.15) is 6.04 Å². The van der Waals surface area contributed by atoms with Crippen LogP contribution < -0.4 is 16.4 Å². The molecule has 51 heavy (non-hydrogen) atoms. The summed E-state index contributed by atoms with van der Waals surface area (Å²) < 4.78 is 11.9. The Labute approximate surface area is 311 Å². The molecule has 4 amide bonds. The minimum atomic E-state index is -0.823. The van der Waals surface area contributed by atoms with Crippen LogP contribution in [-0.2, 0) is 35.1 Å². The minimum Gasteiger partial charge on any atom is -0.379 e. The molecule has 8 atom stereocenters. The van der Waals surface area contributed by atoms with Crippen LogP contribution in [0.25, 0.3) is 0 Å². The van der Waals surface area contributed by atoms with Crippen molar-refractivity contribution in [3.8, 4) is 0 Å². The van der Waals surface area contributed by atoms with Gasteiger partial charge >= 0.3 is 0 Å². The molecule has 0 radical (unpaired) electrons. The second-order valence-electron chi connectivity index (χ2n) is 14.5. The van der Waals surface area contributed by atoms with Gasteiger partial charge in [0.2, 0.25) is 23.6 Å². The third-order valence-corrected chi connectivity index (χ3v) is 10.8. The van der Waals surface area contributed by atoms with Crippen LogP contribution in [0.1, 0.15) is 72.3 Å². The summed E-state index contributed by atoms with van der Waals surface area (Å²) in [7, 11) is 8.53. The Kier molecular flexibility index (Phi) is 18.9. The predicted octanol–water partition coefficient (Wildman–Crippen LogP) is 3.34. The van der Waals surface area contributed by atoms with Crippen molar-refractivity contribution >= 4 is 35.2 Å². The predicted molar refractivity (Wildman–Crippen MR) is 202 cm³/mol. The second kappa shape index (κ2) is 21.7. The number of methoxy groups -OCH3 is 2. The van der Waals surface area contributed by atoms with E-state index in [2.05, 4.69) is 10.6 Å². The van der Waals surface area contributed by atoms with E-state index in [1.807, 2.05) is 82.8 Å². The Balaban J connectivity index is 2.21. The largest absolute Gasteiger partial charge is 0.379 e. The molecule has 1 aromatic carbocycles. The number of halogens is 1. The maximum Gasteiger partial charge on any atom is 0.245 e. The zero-order valence-electron chi connectivity index (χ0n) is 32.6. The fourth-order valence-electron chi connectivity index (χ4n) is 7.55. The normalized spacial score (nSPS) is 18.9. The number of amides is 4. The summed E-state index contributed by atoms with van der Waals surface area (Å²) in [5, 5.41) is 6.64. The molecular weight excluding hydrogens is 672 g/mol. The highest BCUT2D eigenvalue weighted by molar-refractivity contribution is 6.31. The maximum atomic E-state index is 14.1. The minimum absolute atomic E-state index is 0.0216. The molecule has 1 aromatic rings. The molecule has 1 fully saturated rings. The van der Waals surface area contributed by atoms with Crippen LogP contribution in [-0.4, -0.2) is 130 Å². The fourth-order valence-corrected chi connectivity index (χ4v) is 7.78. The van der Waals surface area contributed by atoms with Crippen molar-refractivity contribution in [1.29, 1.82) is 0 Å². The second-order valence-corrected chi connectivity index (χ2v) is 14.9. The summed E-state index contributed by atoms with van der Waals surface area (Å²) in [6.45, 7) is 11.0. The third-order valence-electron chi connectivity index (χ3n) is 10.4. The Morgan fingerprint density at radius 3 is 2.25 bits per heavy atom. The Bertz CT molecular complexity index is 1260. The van der Waals surface area contributed by atoms with Crippen LogP contribution >= 0.6 is 11.6 Å².